The van der Waals surface area contributed by atoms with Crippen LogP contribution in [0.25, 0.3) is 0 Å². The number of nitrogens with zero attached hydrogens (tertiary/aromatic N) is 2. The monoisotopic (exact) mass is 236 g/mol. The van der Waals surface area contributed by atoms with Crippen LogP contribution in [0.2, 0.25) is 0 Å². The van der Waals surface area contributed by atoms with Crippen LogP contribution in [-0.2, 0) is 10.2 Å². The van der Waals surface area contributed by atoms with Gasteiger partial charge in [-0.2, -0.15) is 17.0 Å². The Hall–Kier alpha value is -0.660. The van der Waals surface area contributed by atoms with Crippen LogP contribution in [-0.4, -0.2) is 49.0 Å². The molecular formula is C8H20N4O2S. The first-order valence-corrected chi connectivity index (χ1v) is 6.07. The number of nitrogens with one attached hydrogen (secondary N) is 1. The van der Waals surface area contributed by atoms with Crippen LogP contribution in [0.4, 0.5) is 0 Å². The van der Waals surface area contributed by atoms with E-state index in [4.69, 9.17) is 11.1 Å². The molecule has 15 heavy (non-hydrogen) atoms. The standard InChI is InChI=1S/C8H20N4O2S/c1-6(2)11(4)15(13,14)12(5)7(3)8(9)10/h6-7H,1-5H3,(H3,9,10). The van der Waals surface area contributed by atoms with E-state index in [2.05, 4.69) is 0 Å². The van der Waals surface area contributed by atoms with E-state index >= 15 is 0 Å². The van der Waals surface area contributed by atoms with E-state index in [9.17, 15) is 8.42 Å². The van der Waals surface area contributed by atoms with Crippen molar-refractivity contribution in [3.8, 4) is 0 Å². The highest BCUT2D eigenvalue weighted by Gasteiger charge is 2.30. The Morgan fingerprint density at radius 1 is 1.20 bits per heavy atom. The van der Waals surface area contributed by atoms with E-state index in [1.807, 2.05) is 0 Å². The molecule has 0 saturated carbocycles. The van der Waals surface area contributed by atoms with Crippen LogP contribution in [0.1, 0.15) is 20.8 Å². The lowest BCUT2D eigenvalue weighted by Gasteiger charge is -2.30. The Morgan fingerprint density at radius 2 is 1.60 bits per heavy atom. The zero-order chi connectivity index (χ0) is 12.4. The smallest absolute Gasteiger partial charge is 0.282 e. The Balaban J connectivity index is 4.97. The summed E-state index contributed by atoms with van der Waals surface area (Å²) in [6, 6.07) is -0.757. The van der Waals surface area contributed by atoms with Crippen molar-refractivity contribution in [2.24, 2.45) is 5.73 Å². The molecule has 0 aliphatic heterocycles. The van der Waals surface area contributed by atoms with Gasteiger partial charge < -0.3 is 5.73 Å². The summed E-state index contributed by atoms with van der Waals surface area (Å²) in [5.41, 5.74) is 5.27. The van der Waals surface area contributed by atoms with Crippen LogP contribution in [0.5, 0.6) is 0 Å². The topological polar surface area (TPSA) is 90.5 Å². The maximum Gasteiger partial charge on any atom is 0.282 e. The van der Waals surface area contributed by atoms with E-state index in [-0.39, 0.29) is 11.9 Å². The first-order valence-electron chi connectivity index (χ1n) is 4.67. The quantitative estimate of drug-likeness (QED) is 0.513. The summed E-state index contributed by atoms with van der Waals surface area (Å²) in [7, 11) is -0.616. The highest BCUT2D eigenvalue weighted by molar-refractivity contribution is 7.86. The van der Waals surface area contributed by atoms with Gasteiger partial charge in [0.1, 0.15) is 5.84 Å². The molecular weight excluding hydrogens is 216 g/mol. The van der Waals surface area contributed by atoms with E-state index in [1.165, 1.54) is 18.4 Å². The number of rotatable bonds is 5. The molecule has 0 saturated heterocycles. The molecule has 6 nitrogen and oxygen atoms in total. The van der Waals surface area contributed by atoms with Gasteiger partial charge in [-0.1, -0.05) is 0 Å². The van der Waals surface area contributed by atoms with Gasteiger partial charge in [-0.25, -0.2) is 0 Å². The minimum Gasteiger partial charge on any atom is -0.386 e. The van der Waals surface area contributed by atoms with Crippen LogP contribution >= 0.6 is 0 Å². The third-order valence-corrected chi connectivity index (χ3v) is 4.64. The first kappa shape index (κ1) is 14.3. The summed E-state index contributed by atoms with van der Waals surface area (Å²) in [5, 5.41) is 7.21. The van der Waals surface area contributed by atoms with Crippen molar-refractivity contribution in [2.75, 3.05) is 14.1 Å². The van der Waals surface area contributed by atoms with Gasteiger partial charge >= 0.3 is 0 Å². The number of nitrogens with two attached hydrogens (primary N) is 1. The van der Waals surface area contributed by atoms with Crippen molar-refractivity contribution in [3.05, 3.63) is 0 Å². The van der Waals surface area contributed by atoms with E-state index in [0.29, 0.717) is 0 Å². The Kier molecular flexibility index (Phi) is 4.69. The lowest BCUT2D eigenvalue weighted by molar-refractivity contribution is 0.349. The van der Waals surface area contributed by atoms with Crippen LogP contribution in [0.15, 0.2) is 0 Å². The molecule has 0 aliphatic carbocycles. The second-order valence-electron chi connectivity index (χ2n) is 3.77. The van der Waals surface area contributed by atoms with E-state index in [1.54, 1.807) is 20.8 Å². The van der Waals surface area contributed by atoms with Gasteiger partial charge in [-0.3, -0.25) is 5.41 Å². The fourth-order valence-electron chi connectivity index (χ4n) is 0.865. The summed E-state index contributed by atoms with van der Waals surface area (Å²) in [6.07, 6.45) is 0. The van der Waals surface area contributed by atoms with Crippen molar-refractivity contribution >= 4 is 16.0 Å². The highest BCUT2D eigenvalue weighted by atomic mass is 32.2. The van der Waals surface area contributed by atoms with Gasteiger partial charge in [-0.05, 0) is 20.8 Å². The summed E-state index contributed by atoms with van der Waals surface area (Å²) in [5.74, 6) is -0.168. The number of hydrogen-bond acceptors (Lipinski definition) is 3. The molecule has 0 aromatic heterocycles. The van der Waals surface area contributed by atoms with E-state index in [0.717, 1.165) is 4.31 Å². The molecule has 0 rings (SSSR count). The van der Waals surface area contributed by atoms with E-state index < -0.39 is 16.3 Å². The van der Waals surface area contributed by atoms with Crippen molar-refractivity contribution in [3.63, 3.8) is 0 Å². The zero-order valence-corrected chi connectivity index (χ0v) is 10.7. The molecule has 0 heterocycles. The molecule has 0 spiro atoms. The van der Waals surface area contributed by atoms with Gasteiger partial charge in [0.2, 0.25) is 0 Å². The minimum atomic E-state index is -3.54. The molecule has 0 amide bonds. The fraction of sp³-hybridized carbons (Fsp3) is 0.875. The van der Waals surface area contributed by atoms with Gasteiger partial charge in [0.25, 0.3) is 10.2 Å². The SMILES string of the molecule is CC(C)N(C)S(=O)(=O)N(C)C(C)C(=N)N. The van der Waals surface area contributed by atoms with Gasteiger partial charge in [0.05, 0.1) is 6.04 Å². The number of amidine groups is 1. The predicted molar refractivity (Wildman–Crippen MR) is 61.0 cm³/mol. The Bertz CT molecular complexity index is 326. The highest BCUT2D eigenvalue weighted by Crippen LogP contribution is 2.10. The van der Waals surface area contributed by atoms with Crippen molar-refractivity contribution in [2.45, 2.75) is 32.9 Å². The maximum atomic E-state index is 11.9. The molecule has 0 aliphatic rings. The summed E-state index contributed by atoms with van der Waals surface area (Å²) in [6.45, 7) is 5.14. The molecule has 0 radical (unpaired) electrons. The predicted octanol–water partition coefficient (Wildman–Crippen LogP) is -0.172. The molecule has 3 N–H and O–H groups in total. The minimum absolute atomic E-state index is 0.128. The first-order chi connectivity index (χ1) is 6.62. The van der Waals surface area contributed by atoms with Crippen molar-refractivity contribution in [1.29, 1.82) is 5.41 Å². The normalized spacial score (nSPS) is 14.9. The molecule has 90 valence electrons. The molecule has 7 heteroatoms. The van der Waals surface area contributed by atoms with Gasteiger partial charge in [0, 0.05) is 20.1 Å². The van der Waals surface area contributed by atoms with Gasteiger partial charge in [-0.15, -0.1) is 0 Å². The molecule has 0 fully saturated rings. The Labute approximate surface area is 91.7 Å². The third-order valence-electron chi connectivity index (χ3n) is 2.45. The summed E-state index contributed by atoms with van der Waals surface area (Å²) < 4.78 is 26.2. The second kappa shape index (κ2) is 4.91. The molecule has 0 aromatic carbocycles. The zero-order valence-electron chi connectivity index (χ0n) is 9.85. The summed E-state index contributed by atoms with van der Waals surface area (Å²) in [4.78, 5) is 0. The average Bonchev–Trinajstić information content (AvgIpc) is 2.13. The molecule has 1 atom stereocenters. The molecule has 0 aromatic rings. The lowest BCUT2D eigenvalue weighted by atomic mass is 10.3. The maximum absolute atomic E-state index is 11.9. The van der Waals surface area contributed by atoms with Crippen molar-refractivity contribution in [1.82, 2.24) is 8.61 Å². The van der Waals surface area contributed by atoms with Crippen LogP contribution in [0, 0.1) is 5.41 Å². The number of hydrogen-bond donors (Lipinski definition) is 2. The summed E-state index contributed by atoms with van der Waals surface area (Å²) >= 11 is 0. The average molecular weight is 236 g/mol. The molecule has 1 unspecified atom stereocenters. The van der Waals surface area contributed by atoms with Gasteiger partial charge in [0.15, 0.2) is 0 Å². The van der Waals surface area contributed by atoms with Crippen LogP contribution in [0.3, 0.4) is 0 Å². The lowest BCUT2D eigenvalue weighted by Crippen LogP contribution is -2.50. The fourth-order valence-corrected chi connectivity index (χ4v) is 2.32. The Morgan fingerprint density at radius 3 is 1.87 bits per heavy atom. The second-order valence-corrected chi connectivity index (χ2v) is 5.81. The third kappa shape index (κ3) is 3.15. The number of likely N-dealkylation sites (N-methyl/N-ethyl adjacent to an activating group) is 1. The van der Waals surface area contributed by atoms with Crippen molar-refractivity contribution < 1.29 is 8.42 Å². The largest absolute Gasteiger partial charge is 0.386 e. The van der Waals surface area contributed by atoms with Crippen LogP contribution < -0.4 is 5.73 Å². The molecule has 0 bridgehead atoms.